The van der Waals surface area contributed by atoms with E-state index in [1.165, 1.54) is 0 Å². The molecule has 0 amide bonds. The Morgan fingerprint density at radius 3 is 2.29 bits per heavy atom. The summed E-state index contributed by atoms with van der Waals surface area (Å²) >= 11 is 0. The van der Waals surface area contributed by atoms with Crippen molar-refractivity contribution < 1.29 is 14.3 Å². The van der Waals surface area contributed by atoms with Gasteiger partial charge in [-0.1, -0.05) is 12.1 Å². The van der Waals surface area contributed by atoms with Crippen LogP contribution in [0.25, 0.3) is 0 Å². The highest BCUT2D eigenvalue weighted by atomic mass is 35.5. The van der Waals surface area contributed by atoms with Gasteiger partial charge in [0.2, 0.25) is 0 Å². The van der Waals surface area contributed by atoms with Crippen LogP contribution in [0.3, 0.4) is 0 Å². The SMILES string of the molecule is CCOC(=O)Cc1ccc(OC2CCN(C(C)=N)CC2)cc1.Cl.Cl. The number of hydrogen-bond acceptors (Lipinski definition) is 4. The summed E-state index contributed by atoms with van der Waals surface area (Å²) in [7, 11) is 0. The predicted molar refractivity (Wildman–Crippen MR) is 99.9 cm³/mol. The van der Waals surface area contributed by atoms with Gasteiger partial charge in [0.1, 0.15) is 11.9 Å². The standard InChI is InChI=1S/C17H24N2O3.2ClH/c1-3-21-17(20)12-14-4-6-15(7-5-14)22-16-8-10-19(11-9-16)13(2)18;;/h4-7,16,18H,3,8-12H2,1-2H3;2*1H. The first-order chi connectivity index (χ1) is 10.6. The van der Waals surface area contributed by atoms with E-state index in [1.807, 2.05) is 31.2 Å². The van der Waals surface area contributed by atoms with E-state index in [1.54, 1.807) is 6.92 Å². The van der Waals surface area contributed by atoms with Gasteiger partial charge < -0.3 is 14.4 Å². The zero-order chi connectivity index (χ0) is 15.9. The maximum atomic E-state index is 11.4. The summed E-state index contributed by atoms with van der Waals surface area (Å²) in [6.07, 6.45) is 2.36. The van der Waals surface area contributed by atoms with Gasteiger partial charge in [0.15, 0.2) is 0 Å². The molecule has 1 saturated heterocycles. The third-order valence-corrected chi connectivity index (χ3v) is 3.80. The van der Waals surface area contributed by atoms with Gasteiger partial charge in [-0.3, -0.25) is 10.2 Å². The first-order valence-corrected chi connectivity index (χ1v) is 7.79. The van der Waals surface area contributed by atoms with Crippen LogP contribution >= 0.6 is 24.8 Å². The molecule has 1 aliphatic heterocycles. The maximum absolute atomic E-state index is 11.4. The summed E-state index contributed by atoms with van der Waals surface area (Å²) < 4.78 is 10.9. The minimum atomic E-state index is -0.203. The van der Waals surface area contributed by atoms with Crippen molar-refractivity contribution in [1.29, 1.82) is 5.41 Å². The largest absolute Gasteiger partial charge is 0.490 e. The van der Waals surface area contributed by atoms with E-state index in [2.05, 4.69) is 4.90 Å². The number of carbonyl (C=O) groups is 1. The Balaban J connectivity index is 0.00000264. The van der Waals surface area contributed by atoms with Crippen LogP contribution in [0.1, 0.15) is 32.3 Å². The lowest BCUT2D eigenvalue weighted by atomic mass is 10.1. The summed E-state index contributed by atoms with van der Waals surface area (Å²) in [5, 5.41) is 7.63. The van der Waals surface area contributed by atoms with Gasteiger partial charge in [0, 0.05) is 25.9 Å². The van der Waals surface area contributed by atoms with E-state index in [9.17, 15) is 4.79 Å². The quantitative estimate of drug-likeness (QED) is 0.485. The number of carbonyl (C=O) groups excluding carboxylic acids is 1. The second-order valence-corrected chi connectivity index (χ2v) is 5.52. The lowest BCUT2D eigenvalue weighted by Gasteiger charge is -2.32. The van der Waals surface area contributed by atoms with Crippen molar-refractivity contribution in [2.75, 3.05) is 19.7 Å². The number of esters is 1. The molecule has 0 bridgehead atoms. The number of benzene rings is 1. The van der Waals surface area contributed by atoms with Crippen LogP contribution in [-0.2, 0) is 16.0 Å². The highest BCUT2D eigenvalue weighted by Crippen LogP contribution is 2.20. The summed E-state index contributed by atoms with van der Waals surface area (Å²) in [6, 6.07) is 7.62. The lowest BCUT2D eigenvalue weighted by molar-refractivity contribution is -0.142. The molecule has 0 aliphatic carbocycles. The van der Waals surface area contributed by atoms with E-state index in [0.717, 1.165) is 37.2 Å². The van der Waals surface area contributed by atoms with Crippen molar-refractivity contribution in [2.45, 2.75) is 39.2 Å². The van der Waals surface area contributed by atoms with Crippen molar-refractivity contribution in [3.8, 4) is 5.75 Å². The molecule has 1 heterocycles. The number of nitrogens with zero attached hydrogens (tertiary/aromatic N) is 1. The Hall–Kier alpha value is -1.46. The molecule has 7 heteroatoms. The molecular weight excluding hydrogens is 351 g/mol. The fourth-order valence-electron chi connectivity index (χ4n) is 2.57. The molecule has 1 aromatic carbocycles. The molecule has 0 spiro atoms. The van der Waals surface area contributed by atoms with Gasteiger partial charge in [0.05, 0.1) is 18.9 Å². The van der Waals surface area contributed by atoms with Crippen molar-refractivity contribution >= 4 is 36.6 Å². The van der Waals surface area contributed by atoms with Gasteiger partial charge in [0.25, 0.3) is 0 Å². The number of halogens is 2. The second-order valence-electron chi connectivity index (χ2n) is 5.52. The number of likely N-dealkylation sites (tertiary alicyclic amines) is 1. The van der Waals surface area contributed by atoms with Crippen LogP contribution in [-0.4, -0.2) is 42.5 Å². The Morgan fingerprint density at radius 1 is 1.21 bits per heavy atom. The van der Waals surface area contributed by atoms with Crippen LogP contribution in [0, 0.1) is 5.41 Å². The summed E-state index contributed by atoms with van der Waals surface area (Å²) in [5.74, 6) is 1.25. The normalized spacial score (nSPS) is 14.2. The Morgan fingerprint density at radius 2 is 1.79 bits per heavy atom. The molecule has 1 aliphatic rings. The summed E-state index contributed by atoms with van der Waals surface area (Å²) in [4.78, 5) is 13.5. The fraction of sp³-hybridized carbons (Fsp3) is 0.529. The fourth-order valence-corrected chi connectivity index (χ4v) is 2.57. The smallest absolute Gasteiger partial charge is 0.310 e. The third-order valence-electron chi connectivity index (χ3n) is 3.80. The number of amidine groups is 1. The molecule has 2 rings (SSSR count). The molecule has 1 fully saturated rings. The number of rotatable bonds is 5. The molecule has 0 atom stereocenters. The highest BCUT2D eigenvalue weighted by Gasteiger charge is 2.20. The molecule has 1 N–H and O–H groups in total. The van der Waals surface area contributed by atoms with Crippen LogP contribution in [0.15, 0.2) is 24.3 Å². The molecule has 136 valence electrons. The number of piperidine rings is 1. The number of nitrogens with one attached hydrogen (secondary N) is 1. The molecule has 0 radical (unpaired) electrons. The Bertz CT molecular complexity index is 515. The van der Waals surface area contributed by atoms with Crippen molar-refractivity contribution in [3.05, 3.63) is 29.8 Å². The van der Waals surface area contributed by atoms with Crippen LogP contribution in [0.5, 0.6) is 5.75 Å². The maximum Gasteiger partial charge on any atom is 0.310 e. The average Bonchev–Trinajstić information content (AvgIpc) is 2.50. The van der Waals surface area contributed by atoms with Gasteiger partial charge in [-0.25, -0.2) is 0 Å². The zero-order valence-electron chi connectivity index (χ0n) is 14.1. The minimum Gasteiger partial charge on any atom is -0.490 e. The third kappa shape index (κ3) is 6.97. The average molecular weight is 377 g/mol. The predicted octanol–water partition coefficient (Wildman–Crippen LogP) is 3.48. The first kappa shape index (κ1) is 22.5. The second kappa shape index (κ2) is 11.2. The molecular formula is C17H26Cl2N2O3. The van der Waals surface area contributed by atoms with Gasteiger partial charge in [-0.15, -0.1) is 24.8 Å². The lowest BCUT2D eigenvalue weighted by Crippen LogP contribution is -2.40. The van der Waals surface area contributed by atoms with Crippen molar-refractivity contribution in [2.24, 2.45) is 0 Å². The highest BCUT2D eigenvalue weighted by molar-refractivity contribution is 5.85. The zero-order valence-corrected chi connectivity index (χ0v) is 15.8. The molecule has 0 saturated carbocycles. The summed E-state index contributed by atoms with van der Waals surface area (Å²) in [5.41, 5.74) is 0.931. The van der Waals surface area contributed by atoms with Crippen molar-refractivity contribution in [1.82, 2.24) is 4.90 Å². The van der Waals surface area contributed by atoms with E-state index in [-0.39, 0.29) is 36.9 Å². The molecule has 24 heavy (non-hydrogen) atoms. The van der Waals surface area contributed by atoms with Gasteiger partial charge >= 0.3 is 5.97 Å². The van der Waals surface area contributed by atoms with Crippen LogP contribution < -0.4 is 4.74 Å². The Kier molecular flexibility index (Phi) is 10.5. The van der Waals surface area contributed by atoms with E-state index in [0.29, 0.717) is 18.9 Å². The van der Waals surface area contributed by atoms with Crippen LogP contribution in [0.2, 0.25) is 0 Å². The Labute approximate surface area is 156 Å². The molecule has 5 nitrogen and oxygen atoms in total. The van der Waals surface area contributed by atoms with E-state index in [4.69, 9.17) is 14.9 Å². The molecule has 0 aromatic heterocycles. The van der Waals surface area contributed by atoms with E-state index >= 15 is 0 Å². The van der Waals surface area contributed by atoms with Crippen LogP contribution in [0.4, 0.5) is 0 Å². The van der Waals surface area contributed by atoms with E-state index < -0.39 is 0 Å². The number of ether oxygens (including phenoxy) is 2. The minimum absolute atomic E-state index is 0. The number of hydrogen-bond donors (Lipinski definition) is 1. The van der Waals surface area contributed by atoms with Crippen molar-refractivity contribution in [3.63, 3.8) is 0 Å². The topological polar surface area (TPSA) is 62.6 Å². The monoisotopic (exact) mass is 376 g/mol. The summed E-state index contributed by atoms with van der Waals surface area (Å²) in [6.45, 7) is 5.79. The first-order valence-electron chi connectivity index (χ1n) is 7.79. The molecule has 0 unspecified atom stereocenters. The molecule has 1 aromatic rings. The van der Waals surface area contributed by atoms with Gasteiger partial charge in [-0.2, -0.15) is 0 Å². The van der Waals surface area contributed by atoms with Gasteiger partial charge in [-0.05, 0) is 31.5 Å².